The number of carbonyl (C=O) groups is 3. The number of hydrogen-bond donors (Lipinski definition) is 3. The maximum Gasteiger partial charge on any atom is 0.409 e. The second kappa shape index (κ2) is 10.0. The molecule has 0 atom stereocenters. The Hall–Kier alpha value is -4.79. The number of Topliss-reactive ketones (excluding diaryl/α,β-unsaturated/α-hetero) is 1. The number of ketones is 1. The Balaban J connectivity index is 1.55. The van der Waals surface area contributed by atoms with Crippen molar-refractivity contribution in [2.24, 2.45) is 0 Å². The number of hydrogen-bond acceptors (Lipinski definition) is 5. The molecule has 0 saturated carbocycles. The predicted molar refractivity (Wildman–Crippen MR) is 128 cm³/mol. The second-order valence-corrected chi connectivity index (χ2v) is 7.73. The van der Waals surface area contributed by atoms with E-state index in [0.717, 1.165) is 0 Å². The molecule has 3 N–H and O–H groups in total. The van der Waals surface area contributed by atoms with Gasteiger partial charge in [-0.05, 0) is 36.8 Å². The van der Waals surface area contributed by atoms with Crippen molar-refractivity contribution in [3.63, 3.8) is 0 Å². The first-order valence-electron chi connectivity index (χ1n) is 10.6. The zero-order valence-electron chi connectivity index (χ0n) is 18.5. The molecule has 2 amide bonds. The first-order valence-corrected chi connectivity index (χ1v) is 10.6. The molecule has 9 heteroatoms. The van der Waals surface area contributed by atoms with Gasteiger partial charge in [0.15, 0.2) is 11.5 Å². The van der Waals surface area contributed by atoms with E-state index in [1.54, 1.807) is 55.5 Å². The van der Waals surface area contributed by atoms with Crippen molar-refractivity contribution in [1.29, 1.82) is 0 Å². The fraction of sp³-hybridized carbons (Fsp3) is 0.0769. The van der Waals surface area contributed by atoms with Gasteiger partial charge in [-0.1, -0.05) is 47.6 Å². The lowest BCUT2D eigenvalue weighted by atomic mass is 10.0. The smallest absolute Gasteiger partial charge is 0.409 e. The molecule has 3 aromatic carbocycles. The molecule has 8 nitrogen and oxygen atoms in total. The van der Waals surface area contributed by atoms with Crippen LogP contribution in [0.5, 0.6) is 0 Å². The van der Waals surface area contributed by atoms with Crippen LogP contribution in [0.15, 0.2) is 77.3 Å². The topological polar surface area (TPSA) is 122 Å². The van der Waals surface area contributed by atoms with E-state index in [0.29, 0.717) is 28.1 Å². The molecule has 4 aromatic rings. The number of carbonyl (C=O) groups excluding carboxylic acids is 2. The summed E-state index contributed by atoms with van der Waals surface area (Å²) in [4.78, 5) is 36.6. The van der Waals surface area contributed by atoms with Crippen LogP contribution in [-0.2, 0) is 4.79 Å². The van der Waals surface area contributed by atoms with Gasteiger partial charge in [-0.3, -0.25) is 14.9 Å². The van der Waals surface area contributed by atoms with Crippen LogP contribution in [0.3, 0.4) is 0 Å². The highest BCUT2D eigenvalue weighted by atomic mass is 19.1. The van der Waals surface area contributed by atoms with E-state index in [1.807, 2.05) is 0 Å². The minimum atomic E-state index is -1.34. The first kappa shape index (κ1) is 23.4. The molecule has 1 aromatic heterocycles. The summed E-state index contributed by atoms with van der Waals surface area (Å²) < 4.78 is 19.5. The average Bonchev–Trinajstić information content (AvgIpc) is 3.26. The lowest BCUT2D eigenvalue weighted by Crippen LogP contribution is -2.18. The molecular formula is C26H20FN3O5. The van der Waals surface area contributed by atoms with Gasteiger partial charge in [0.25, 0.3) is 0 Å². The quantitative estimate of drug-likeness (QED) is 0.232. The van der Waals surface area contributed by atoms with E-state index < -0.39 is 30.0 Å². The minimum Gasteiger partial charge on any atom is -0.465 e. The number of benzene rings is 3. The first-order chi connectivity index (χ1) is 16.8. The minimum absolute atomic E-state index is 0.0843. The Morgan fingerprint density at radius 2 is 1.71 bits per heavy atom. The molecule has 35 heavy (non-hydrogen) atoms. The summed E-state index contributed by atoms with van der Waals surface area (Å²) in [7, 11) is 0. The second-order valence-electron chi connectivity index (χ2n) is 7.73. The lowest BCUT2D eigenvalue weighted by molar-refractivity contribution is -0.115. The number of anilines is 2. The zero-order valence-corrected chi connectivity index (χ0v) is 18.5. The maximum absolute atomic E-state index is 14.2. The Morgan fingerprint density at radius 3 is 2.43 bits per heavy atom. The van der Waals surface area contributed by atoms with E-state index in [2.05, 4.69) is 15.8 Å². The number of rotatable bonds is 7. The summed E-state index contributed by atoms with van der Waals surface area (Å²) in [6, 6.07) is 18.8. The molecule has 0 fully saturated rings. The Bertz CT molecular complexity index is 1430. The van der Waals surface area contributed by atoms with Gasteiger partial charge in [-0.15, -0.1) is 0 Å². The fourth-order valence-corrected chi connectivity index (χ4v) is 3.52. The highest BCUT2D eigenvalue weighted by Gasteiger charge is 2.17. The highest BCUT2D eigenvalue weighted by molar-refractivity contribution is 6.12. The number of nitrogens with zero attached hydrogens (tertiary/aromatic N) is 1. The Labute approximate surface area is 199 Å². The molecule has 0 bridgehead atoms. The van der Waals surface area contributed by atoms with E-state index >= 15 is 0 Å². The number of carboxylic acid groups (broad SMARTS) is 1. The molecule has 0 saturated heterocycles. The fourth-order valence-electron chi connectivity index (χ4n) is 3.52. The van der Waals surface area contributed by atoms with Gasteiger partial charge in [0.1, 0.15) is 5.82 Å². The van der Waals surface area contributed by atoms with E-state index in [4.69, 9.17) is 9.63 Å². The SMILES string of the molecule is Cc1cc(-c2cccc(C(=O)CC(=O)Nc3cc(-c4ccccc4F)ccc3NC(=O)O)c2)on1. The Kier molecular flexibility index (Phi) is 6.68. The number of nitrogens with one attached hydrogen (secondary N) is 2. The van der Waals surface area contributed by atoms with Crippen molar-refractivity contribution in [3.8, 4) is 22.5 Å². The molecule has 0 unspecified atom stereocenters. The van der Waals surface area contributed by atoms with Gasteiger partial charge in [0, 0.05) is 22.8 Å². The van der Waals surface area contributed by atoms with Crippen molar-refractivity contribution in [3.05, 3.63) is 89.9 Å². The van der Waals surface area contributed by atoms with Crippen LogP contribution in [0.1, 0.15) is 22.5 Å². The van der Waals surface area contributed by atoms with Crippen LogP contribution in [0.2, 0.25) is 0 Å². The van der Waals surface area contributed by atoms with Crippen molar-refractivity contribution < 1.29 is 28.4 Å². The summed E-state index contributed by atoms with van der Waals surface area (Å²) in [5.41, 5.74) is 2.52. The number of halogens is 1. The summed E-state index contributed by atoms with van der Waals surface area (Å²) in [5, 5.41) is 17.7. The summed E-state index contributed by atoms with van der Waals surface area (Å²) in [5.74, 6) is -1.08. The maximum atomic E-state index is 14.2. The largest absolute Gasteiger partial charge is 0.465 e. The molecule has 0 aliphatic heterocycles. The number of aryl methyl sites for hydroxylation is 1. The third-order valence-electron chi connectivity index (χ3n) is 5.14. The van der Waals surface area contributed by atoms with E-state index in [1.165, 1.54) is 24.3 Å². The van der Waals surface area contributed by atoms with Gasteiger partial charge in [0.05, 0.1) is 23.5 Å². The van der Waals surface area contributed by atoms with Gasteiger partial charge in [-0.25, -0.2) is 9.18 Å². The molecule has 0 aliphatic carbocycles. The molecule has 1 heterocycles. The van der Waals surface area contributed by atoms with Crippen molar-refractivity contribution >= 4 is 29.2 Å². The van der Waals surface area contributed by atoms with Crippen molar-refractivity contribution in [1.82, 2.24) is 5.16 Å². The third kappa shape index (κ3) is 5.59. The summed E-state index contributed by atoms with van der Waals surface area (Å²) >= 11 is 0. The van der Waals surface area contributed by atoms with Crippen LogP contribution in [0.25, 0.3) is 22.5 Å². The number of aromatic nitrogens is 1. The molecule has 0 spiro atoms. The van der Waals surface area contributed by atoms with Gasteiger partial charge >= 0.3 is 6.09 Å². The van der Waals surface area contributed by atoms with Crippen LogP contribution in [0, 0.1) is 12.7 Å². The van der Waals surface area contributed by atoms with Gasteiger partial charge in [0.2, 0.25) is 5.91 Å². The van der Waals surface area contributed by atoms with Crippen LogP contribution < -0.4 is 10.6 Å². The standard InChI is InChI=1S/C26H20FN3O5/c1-15-11-24(35-30-15)18-6-4-5-17(12-18)23(31)14-25(32)28-22-13-16(9-10-21(22)29-26(33)34)19-7-2-3-8-20(19)27/h2-13,29H,14H2,1H3,(H,28,32)(H,33,34). The third-order valence-corrected chi connectivity index (χ3v) is 5.14. The lowest BCUT2D eigenvalue weighted by Gasteiger charge is -2.13. The monoisotopic (exact) mass is 473 g/mol. The summed E-state index contributed by atoms with van der Waals surface area (Å²) in [6.45, 7) is 1.78. The van der Waals surface area contributed by atoms with Crippen molar-refractivity contribution in [2.45, 2.75) is 13.3 Å². The summed E-state index contributed by atoms with van der Waals surface area (Å²) in [6.07, 6.45) is -1.83. The average molecular weight is 473 g/mol. The molecule has 0 radical (unpaired) electrons. The zero-order chi connectivity index (χ0) is 24.9. The van der Waals surface area contributed by atoms with Gasteiger partial charge < -0.3 is 14.9 Å². The highest BCUT2D eigenvalue weighted by Crippen LogP contribution is 2.31. The normalized spacial score (nSPS) is 10.6. The molecular weight excluding hydrogens is 453 g/mol. The van der Waals surface area contributed by atoms with E-state index in [9.17, 15) is 18.8 Å². The van der Waals surface area contributed by atoms with E-state index in [-0.39, 0.29) is 16.9 Å². The molecule has 4 rings (SSSR count). The number of amides is 2. The van der Waals surface area contributed by atoms with Crippen LogP contribution in [0.4, 0.5) is 20.6 Å². The predicted octanol–water partition coefficient (Wildman–Crippen LogP) is 5.76. The van der Waals surface area contributed by atoms with Crippen LogP contribution >= 0.6 is 0 Å². The van der Waals surface area contributed by atoms with Gasteiger partial charge in [-0.2, -0.15) is 0 Å². The van der Waals surface area contributed by atoms with Crippen molar-refractivity contribution in [2.75, 3.05) is 10.6 Å². The Morgan fingerprint density at radius 1 is 0.914 bits per heavy atom. The molecule has 176 valence electrons. The van der Waals surface area contributed by atoms with Crippen LogP contribution in [-0.4, -0.2) is 28.0 Å². The molecule has 0 aliphatic rings.